The van der Waals surface area contributed by atoms with Crippen LogP contribution in [0.25, 0.3) is 0 Å². The van der Waals surface area contributed by atoms with Crippen LogP contribution in [0.3, 0.4) is 0 Å². The molecule has 1 aromatic carbocycles. The zero-order valence-electron chi connectivity index (χ0n) is 14.5. The molecule has 0 spiro atoms. The van der Waals surface area contributed by atoms with Crippen LogP contribution in [0.2, 0.25) is 0 Å². The molecule has 1 aliphatic rings. The van der Waals surface area contributed by atoms with Gasteiger partial charge in [0.25, 0.3) is 0 Å². The van der Waals surface area contributed by atoms with Crippen molar-refractivity contribution >= 4 is 11.6 Å². The number of nitrogens with zero attached hydrogens (tertiary/aromatic N) is 2. The number of nitrogens with one attached hydrogen (secondary N) is 3. The van der Waals surface area contributed by atoms with E-state index in [0.717, 1.165) is 5.69 Å². The molecule has 1 saturated heterocycles. The van der Waals surface area contributed by atoms with Crippen LogP contribution in [0.4, 0.5) is 5.69 Å². The standard InChI is InChI=1S/C20H19N5O2/c26-20(19-12-18(24-25-19)17-5-1-2-11-22-17)23-14-6-8-15(9-7-14)27-16-4-3-10-21-13-16/h1-11,13,18-19,24-25H,12H2,(H,23,26). The van der Waals surface area contributed by atoms with Gasteiger partial charge in [-0.15, -0.1) is 0 Å². The average Bonchev–Trinajstić information content (AvgIpc) is 3.21. The number of pyridine rings is 2. The summed E-state index contributed by atoms with van der Waals surface area (Å²) < 4.78 is 5.70. The van der Waals surface area contributed by atoms with E-state index in [1.807, 2.05) is 42.5 Å². The number of ether oxygens (including phenoxy) is 1. The third kappa shape index (κ3) is 4.28. The first kappa shape index (κ1) is 17.1. The molecular formula is C20H19N5O2. The number of hydrazine groups is 1. The number of hydrogen-bond acceptors (Lipinski definition) is 6. The summed E-state index contributed by atoms with van der Waals surface area (Å²) in [4.78, 5) is 20.8. The molecule has 136 valence electrons. The van der Waals surface area contributed by atoms with Gasteiger partial charge in [-0.05, 0) is 55.0 Å². The summed E-state index contributed by atoms with van der Waals surface area (Å²) in [6, 6.07) is 16.3. The third-order valence-corrected chi connectivity index (χ3v) is 4.26. The third-order valence-electron chi connectivity index (χ3n) is 4.26. The first-order chi connectivity index (χ1) is 13.3. The lowest BCUT2D eigenvalue weighted by Crippen LogP contribution is -2.39. The van der Waals surface area contributed by atoms with Crippen molar-refractivity contribution in [3.8, 4) is 11.5 Å². The van der Waals surface area contributed by atoms with Gasteiger partial charge in [-0.1, -0.05) is 6.07 Å². The lowest BCUT2D eigenvalue weighted by Gasteiger charge is -2.11. The molecule has 4 rings (SSSR count). The van der Waals surface area contributed by atoms with Crippen molar-refractivity contribution in [1.29, 1.82) is 0 Å². The maximum Gasteiger partial charge on any atom is 0.242 e. The predicted molar refractivity (Wildman–Crippen MR) is 101 cm³/mol. The number of amides is 1. The minimum atomic E-state index is -0.330. The summed E-state index contributed by atoms with van der Waals surface area (Å²) in [5, 5.41) is 2.92. The number of hydrogen-bond donors (Lipinski definition) is 3. The summed E-state index contributed by atoms with van der Waals surface area (Å²) in [5.74, 6) is 1.25. The lowest BCUT2D eigenvalue weighted by atomic mass is 10.1. The molecule has 2 aromatic heterocycles. The molecule has 2 unspecified atom stereocenters. The molecular weight excluding hydrogens is 342 g/mol. The summed E-state index contributed by atoms with van der Waals surface area (Å²) in [6.07, 6.45) is 5.72. The smallest absolute Gasteiger partial charge is 0.242 e. The van der Waals surface area contributed by atoms with Gasteiger partial charge in [0, 0.05) is 18.1 Å². The van der Waals surface area contributed by atoms with Crippen molar-refractivity contribution in [3.05, 3.63) is 78.9 Å². The molecule has 1 fully saturated rings. The first-order valence-electron chi connectivity index (χ1n) is 8.69. The van der Waals surface area contributed by atoms with E-state index in [1.165, 1.54) is 0 Å². The SMILES string of the molecule is O=C(Nc1ccc(Oc2cccnc2)cc1)C1CC(c2ccccn2)NN1. The van der Waals surface area contributed by atoms with Gasteiger partial charge in [0.2, 0.25) is 5.91 Å². The molecule has 3 N–H and O–H groups in total. The second-order valence-electron chi connectivity index (χ2n) is 6.19. The second-order valence-corrected chi connectivity index (χ2v) is 6.19. The normalized spacial score (nSPS) is 18.8. The minimum absolute atomic E-state index is 0.0113. The fraction of sp³-hybridized carbons (Fsp3) is 0.150. The highest BCUT2D eigenvalue weighted by Crippen LogP contribution is 2.24. The van der Waals surface area contributed by atoms with E-state index in [4.69, 9.17) is 4.74 Å². The van der Waals surface area contributed by atoms with Crippen molar-refractivity contribution in [1.82, 2.24) is 20.8 Å². The summed E-state index contributed by atoms with van der Waals surface area (Å²) >= 11 is 0. The van der Waals surface area contributed by atoms with Crippen LogP contribution in [0.5, 0.6) is 11.5 Å². The van der Waals surface area contributed by atoms with Gasteiger partial charge in [-0.3, -0.25) is 14.8 Å². The van der Waals surface area contributed by atoms with Crippen LogP contribution in [0, 0.1) is 0 Å². The van der Waals surface area contributed by atoms with Crippen molar-refractivity contribution in [3.63, 3.8) is 0 Å². The number of carbonyl (C=O) groups excluding carboxylic acids is 1. The number of rotatable bonds is 5. The highest BCUT2D eigenvalue weighted by atomic mass is 16.5. The Hall–Kier alpha value is -3.29. The van der Waals surface area contributed by atoms with E-state index in [1.54, 1.807) is 30.7 Å². The molecule has 7 heteroatoms. The Kier molecular flexibility index (Phi) is 5.04. The van der Waals surface area contributed by atoms with E-state index < -0.39 is 0 Å². The molecule has 27 heavy (non-hydrogen) atoms. The zero-order valence-corrected chi connectivity index (χ0v) is 14.5. The first-order valence-corrected chi connectivity index (χ1v) is 8.69. The largest absolute Gasteiger partial charge is 0.456 e. The minimum Gasteiger partial charge on any atom is -0.456 e. The molecule has 7 nitrogen and oxygen atoms in total. The topological polar surface area (TPSA) is 88.2 Å². The molecule has 3 aromatic rings. The van der Waals surface area contributed by atoms with Gasteiger partial charge >= 0.3 is 0 Å². The van der Waals surface area contributed by atoms with Crippen molar-refractivity contribution < 1.29 is 9.53 Å². The predicted octanol–water partition coefficient (Wildman–Crippen LogP) is 2.82. The average molecular weight is 361 g/mol. The van der Waals surface area contributed by atoms with Crippen molar-refractivity contribution in [2.24, 2.45) is 0 Å². The number of carbonyl (C=O) groups is 1. The molecule has 0 radical (unpaired) electrons. The van der Waals surface area contributed by atoms with Gasteiger partial charge in [0.1, 0.15) is 17.5 Å². The van der Waals surface area contributed by atoms with Crippen LogP contribution in [0.1, 0.15) is 18.2 Å². The Balaban J connectivity index is 1.33. The highest BCUT2D eigenvalue weighted by Gasteiger charge is 2.30. The Labute approximate surface area is 156 Å². The van der Waals surface area contributed by atoms with Gasteiger partial charge in [-0.2, -0.15) is 0 Å². The Morgan fingerprint density at radius 3 is 2.63 bits per heavy atom. The Bertz CT molecular complexity index is 887. The summed E-state index contributed by atoms with van der Waals surface area (Å²) in [5.41, 5.74) is 7.79. The monoisotopic (exact) mass is 361 g/mol. The Morgan fingerprint density at radius 1 is 1.00 bits per heavy atom. The number of benzene rings is 1. The fourth-order valence-electron chi connectivity index (χ4n) is 2.88. The number of anilines is 1. The summed E-state index contributed by atoms with van der Waals surface area (Å²) in [6.45, 7) is 0. The van der Waals surface area contributed by atoms with E-state index >= 15 is 0 Å². The van der Waals surface area contributed by atoms with Crippen LogP contribution in [-0.4, -0.2) is 21.9 Å². The van der Waals surface area contributed by atoms with Crippen LogP contribution < -0.4 is 20.9 Å². The van der Waals surface area contributed by atoms with Gasteiger partial charge in [0.15, 0.2) is 0 Å². The van der Waals surface area contributed by atoms with Gasteiger partial charge < -0.3 is 10.1 Å². The van der Waals surface area contributed by atoms with Gasteiger partial charge in [0.05, 0.1) is 17.9 Å². The molecule has 0 saturated carbocycles. The quantitative estimate of drug-likeness (QED) is 0.648. The zero-order chi connectivity index (χ0) is 18.5. The molecule has 1 amide bonds. The van der Waals surface area contributed by atoms with E-state index in [0.29, 0.717) is 23.6 Å². The molecule has 2 atom stereocenters. The van der Waals surface area contributed by atoms with E-state index in [-0.39, 0.29) is 18.0 Å². The summed E-state index contributed by atoms with van der Waals surface area (Å²) in [7, 11) is 0. The van der Waals surface area contributed by atoms with E-state index in [2.05, 4.69) is 26.1 Å². The van der Waals surface area contributed by atoms with Crippen molar-refractivity contribution in [2.45, 2.75) is 18.5 Å². The van der Waals surface area contributed by atoms with Gasteiger partial charge in [-0.25, -0.2) is 10.9 Å². The molecule has 1 aliphatic heterocycles. The lowest BCUT2D eigenvalue weighted by molar-refractivity contribution is -0.117. The molecule has 0 aliphatic carbocycles. The van der Waals surface area contributed by atoms with Crippen LogP contribution in [0.15, 0.2) is 73.2 Å². The Morgan fingerprint density at radius 2 is 1.89 bits per heavy atom. The maximum atomic E-state index is 12.5. The van der Waals surface area contributed by atoms with Crippen molar-refractivity contribution in [2.75, 3.05) is 5.32 Å². The van der Waals surface area contributed by atoms with E-state index in [9.17, 15) is 4.79 Å². The fourth-order valence-corrected chi connectivity index (χ4v) is 2.88. The molecule has 3 heterocycles. The highest BCUT2D eigenvalue weighted by molar-refractivity contribution is 5.95. The number of aromatic nitrogens is 2. The molecule has 0 bridgehead atoms. The maximum absolute atomic E-state index is 12.5. The second kappa shape index (κ2) is 7.94. The van der Waals surface area contributed by atoms with Crippen LogP contribution >= 0.6 is 0 Å². The van der Waals surface area contributed by atoms with Crippen LogP contribution in [-0.2, 0) is 4.79 Å².